The quantitative estimate of drug-likeness (QED) is 0.852. The van der Waals surface area contributed by atoms with E-state index in [1.54, 1.807) is 0 Å². The van der Waals surface area contributed by atoms with Crippen molar-refractivity contribution in [2.75, 3.05) is 6.54 Å². The van der Waals surface area contributed by atoms with Gasteiger partial charge < -0.3 is 5.32 Å². The molecule has 94 valence electrons. The molecule has 0 aliphatic heterocycles. The molecule has 0 heterocycles. The molecular weight excluding hydrogens is 220 g/mol. The topological polar surface area (TPSA) is 12.0 Å². The molecule has 1 aliphatic rings. The Bertz CT molecular complexity index is 385. The maximum Gasteiger partial charge on any atom is 0.126 e. The Balaban J connectivity index is 2.21. The first-order valence-electron chi connectivity index (χ1n) is 6.23. The predicted molar refractivity (Wildman–Crippen MR) is 65.0 cm³/mol. The van der Waals surface area contributed by atoms with Crippen LogP contribution in [0.5, 0.6) is 0 Å². The van der Waals surface area contributed by atoms with E-state index in [1.165, 1.54) is 12.1 Å². The van der Waals surface area contributed by atoms with Crippen LogP contribution < -0.4 is 5.32 Å². The second-order valence-electron chi connectivity index (χ2n) is 5.22. The van der Waals surface area contributed by atoms with Crippen molar-refractivity contribution in [2.45, 2.75) is 44.6 Å². The van der Waals surface area contributed by atoms with Crippen molar-refractivity contribution in [1.82, 2.24) is 5.32 Å². The second-order valence-corrected chi connectivity index (χ2v) is 5.22. The Kier molecular flexibility index (Phi) is 3.48. The first-order valence-corrected chi connectivity index (χ1v) is 6.23. The number of hydrogen-bond donors (Lipinski definition) is 1. The van der Waals surface area contributed by atoms with E-state index in [-0.39, 0.29) is 5.41 Å². The number of nitrogens with one attached hydrogen (secondary N) is 1. The van der Waals surface area contributed by atoms with Crippen molar-refractivity contribution in [3.05, 3.63) is 35.4 Å². The lowest BCUT2D eigenvalue weighted by Gasteiger charge is -2.25. The van der Waals surface area contributed by atoms with Crippen LogP contribution >= 0.6 is 0 Å². The highest BCUT2D eigenvalue weighted by molar-refractivity contribution is 5.28. The number of benzene rings is 1. The van der Waals surface area contributed by atoms with E-state index in [2.05, 4.69) is 19.2 Å². The number of hydrogen-bond acceptors (Lipinski definition) is 1. The minimum atomic E-state index is -0.479. The van der Waals surface area contributed by atoms with Crippen LogP contribution in [0, 0.1) is 11.6 Å². The fourth-order valence-electron chi connectivity index (χ4n) is 2.87. The van der Waals surface area contributed by atoms with Crippen molar-refractivity contribution in [3.8, 4) is 0 Å². The Morgan fingerprint density at radius 2 is 1.94 bits per heavy atom. The molecule has 0 bridgehead atoms. The van der Waals surface area contributed by atoms with E-state index >= 15 is 0 Å². The molecule has 2 unspecified atom stereocenters. The average molecular weight is 239 g/mol. The van der Waals surface area contributed by atoms with Gasteiger partial charge in [0.1, 0.15) is 11.6 Å². The normalized spacial score (nSPS) is 28.6. The van der Waals surface area contributed by atoms with Crippen molar-refractivity contribution in [1.29, 1.82) is 0 Å². The van der Waals surface area contributed by atoms with Crippen LogP contribution in [0.1, 0.15) is 38.7 Å². The molecule has 0 spiro atoms. The summed E-state index contributed by atoms with van der Waals surface area (Å²) in [5.41, 5.74) is 0.686. The van der Waals surface area contributed by atoms with Gasteiger partial charge in [-0.15, -0.1) is 0 Å². The highest BCUT2D eigenvalue weighted by atomic mass is 19.1. The molecule has 0 saturated heterocycles. The zero-order chi connectivity index (χ0) is 12.5. The van der Waals surface area contributed by atoms with Crippen LogP contribution in [-0.2, 0) is 5.41 Å². The molecule has 0 aromatic heterocycles. The van der Waals surface area contributed by atoms with E-state index in [0.717, 1.165) is 37.4 Å². The fourth-order valence-corrected chi connectivity index (χ4v) is 2.87. The third-order valence-corrected chi connectivity index (χ3v) is 3.79. The predicted octanol–water partition coefficient (Wildman–Crippen LogP) is 3.38. The maximum absolute atomic E-state index is 13.2. The Morgan fingerprint density at radius 3 is 2.53 bits per heavy atom. The maximum atomic E-state index is 13.2. The summed E-state index contributed by atoms with van der Waals surface area (Å²) in [6.07, 6.45) is 3.00. The van der Waals surface area contributed by atoms with E-state index in [1.807, 2.05) is 0 Å². The molecule has 1 fully saturated rings. The summed E-state index contributed by atoms with van der Waals surface area (Å²) in [7, 11) is 0. The van der Waals surface area contributed by atoms with E-state index in [9.17, 15) is 8.78 Å². The molecule has 3 heteroatoms. The first kappa shape index (κ1) is 12.5. The van der Waals surface area contributed by atoms with Crippen LogP contribution in [0.2, 0.25) is 0 Å². The van der Waals surface area contributed by atoms with Gasteiger partial charge in [0.2, 0.25) is 0 Å². The zero-order valence-electron chi connectivity index (χ0n) is 10.4. The molecule has 17 heavy (non-hydrogen) atoms. The summed E-state index contributed by atoms with van der Waals surface area (Å²) in [4.78, 5) is 0. The van der Waals surface area contributed by atoms with Crippen LogP contribution in [0.15, 0.2) is 18.2 Å². The van der Waals surface area contributed by atoms with Gasteiger partial charge in [-0.2, -0.15) is 0 Å². The van der Waals surface area contributed by atoms with Crippen LogP contribution in [0.3, 0.4) is 0 Å². The lowest BCUT2D eigenvalue weighted by atomic mass is 9.81. The Hall–Kier alpha value is -0.960. The highest BCUT2D eigenvalue weighted by Gasteiger charge is 2.36. The van der Waals surface area contributed by atoms with Gasteiger partial charge in [0.25, 0.3) is 0 Å². The second kappa shape index (κ2) is 4.73. The zero-order valence-corrected chi connectivity index (χ0v) is 10.4. The van der Waals surface area contributed by atoms with Gasteiger partial charge in [-0.25, -0.2) is 8.78 Å². The van der Waals surface area contributed by atoms with E-state index in [4.69, 9.17) is 0 Å². The standard InChI is InChI=1S/C14H19F2N/c1-3-17-13-4-5-14(2,9-13)10-6-11(15)8-12(16)7-10/h6-8,13,17H,3-5,9H2,1-2H3. The summed E-state index contributed by atoms with van der Waals surface area (Å²) in [6.45, 7) is 5.12. The molecule has 1 aromatic carbocycles. The van der Waals surface area contributed by atoms with Crippen molar-refractivity contribution >= 4 is 0 Å². The molecule has 1 aliphatic carbocycles. The molecule has 0 amide bonds. The summed E-state index contributed by atoms with van der Waals surface area (Å²) < 4.78 is 26.5. The van der Waals surface area contributed by atoms with Gasteiger partial charge in [-0.3, -0.25) is 0 Å². The Labute approximate surface area is 101 Å². The summed E-state index contributed by atoms with van der Waals surface area (Å²) in [6, 6.07) is 4.34. The molecule has 2 rings (SSSR count). The Morgan fingerprint density at radius 1 is 1.29 bits per heavy atom. The van der Waals surface area contributed by atoms with Crippen molar-refractivity contribution in [2.24, 2.45) is 0 Å². The minimum Gasteiger partial charge on any atom is -0.314 e. The summed E-state index contributed by atoms with van der Waals surface area (Å²) in [5.74, 6) is -0.957. The third kappa shape index (κ3) is 2.65. The van der Waals surface area contributed by atoms with Crippen LogP contribution in [0.4, 0.5) is 8.78 Å². The SMILES string of the molecule is CCNC1CCC(C)(c2cc(F)cc(F)c2)C1. The van der Waals surface area contributed by atoms with Crippen LogP contribution in [-0.4, -0.2) is 12.6 Å². The van der Waals surface area contributed by atoms with Gasteiger partial charge in [0.05, 0.1) is 0 Å². The summed E-state index contributed by atoms with van der Waals surface area (Å²) in [5, 5.41) is 3.41. The van der Waals surface area contributed by atoms with Gasteiger partial charge in [-0.1, -0.05) is 13.8 Å². The molecule has 1 nitrogen and oxygen atoms in total. The van der Waals surface area contributed by atoms with Gasteiger partial charge in [-0.05, 0) is 48.9 Å². The van der Waals surface area contributed by atoms with Gasteiger partial charge in [0, 0.05) is 12.1 Å². The highest BCUT2D eigenvalue weighted by Crippen LogP contribution is 2.41. The minimum absolute atomic E-state index is 0.101. The first-order chi connectivity index (χ1) is 8.03. The van der Waals surface area contributed by atoms with Gasteiger partial charge in [0.15, 0.2) is 0 Å². The smallest absolute Gasteiger partial charge is 0.126 e. The largest absolute Gasteiger partial charge is 0.314 e. The number of rotatable bonds is 3. The molecule has 1 saturated carbocycles. The lowest BCUT2D eigenvalue weighted by molar-refractivity contribution is 0.451. The molecule has 0 radical (unpaired) electrons. The fraction of sp³-hybridized carbons (Fsp3) is 0.571. The molecule has 1 N–H and O–H groups in total. The molecule has 2 atom stereocenters. The average Bonchev–Trinajstić information content (AvgIpc) is 2.61. The molecule has 1 aromatic rings. The number of halogens is 2. The molecular formula is C14H19F2N. The van der Waals surface area contributed by atoms with E-state index in [0.29, 0.717) is 6.04 Å². The van der Waals surface area contributed by atoms with E-state index < -0.39 is 11.6 Å². The summed E-state index contributed by atoms with van der Waals surface area (Å²) >= 11 is 0. The third-order valence-electron chi connectivity index (χ3n) is 3.79. The van der Waals surface area contributed by atoms with Crippen LogP contribution in [0.25, 0.3) is 0 Å². The van der Waals surface area contributed by atoms with Crippen molar-refractivity contribution < 1.29 is 8.78 Å². The van der Waals surface area contributed by atoms with Crippen molar-refractivity contribution in [3.63, 3.8) is 0 Å². The monoisotopic (exact) mass is 239 g/mol. The lowest BCUT2D eigenvalue weighted by Crippen LogP contribution is -2.28. The van der Waals surface area contributed by atoms with Gasteiger partial charge >= 0.3 is 0 Å².